The maximum atomic E-state index is 5.44. The standard InChI is InChI=1S/C14H29N.ClH/c1-2-3-4-5-6-7-8-9-10-11-12-13-14-15;/h3-4H,2,5-15H2,1H3;1H/b4-3-;. The van der Waals surface area contributed by atoms with Gasteiger partial charge in [-0.3, -0.25) is 0 Å². The van der Waals surface area contributed by atoms with E-state index in [-0.39, 0.29) is 12.4 Å². The molecule has 0 amide bonds. The van der Waals surface area contributed by atoms with E-state index in [1.54, 1.807) is 0 Å². The van der Waals surface area contributed by atoms with Crippen molar-refractivity contribution in [2.75, 3.05) is 6.54 Å². The fourth-order valence-corrected chi connectivity index (χ4v) is 1.75. The fourth-order valence-electron chi connectivity index (χ4n) is 1.75. The first-order valence-corrected chi connectivity index (χ1v) is 6.77. The number of nitrogens with two attached hydrogens (primary N) is 1. The SMILES string of the molecule is CC/C=C\CCCCCCCCCCN.Cl. The second kappa shape index (κ2) is 17.4. The van der Waals surface area contributed by atoms with Gasteiger partial charge in [-0.15, -0.1) is 12.4 Å². The minimum absolute atomic E-state index is 0. The molecule has 0 radical (unpaired) electrons. The van der Waals surface area contributed by atoms with Crippen LogP contribution in [0.15, 0.2) is 12.2 Å². The Bertz CT molecular complexity index is 135. The molecular weight excluding hydrogens is 218 g/mol. The molecule has 0 spiro atoms. The lowest BCUT2D eigenvalue weighted by molar-refractivity contribution is 0.571. The first-order chi connectivity index (χ1) is 7.41. The zero-order valence-electron chi connectivity index (χ0n) is 10.9. The van der Waals surface area contributed by atoms with Crippen LogP contribution >= 0.6 is 12.4 Å². The van der Waals surface area contributed by atoms with E-state index in [1.165, 1.54) is 64.2 Å². The number of allylic oxidation sites excluding steroid dienone is 2. The number of hydrogen-bond acceptors (Lipinski definition) is 1. The van der Waals surface area contributed by atoms with Gasteiger partial charge in [-0.1, -0.05) is 57.6 Å². The Labute approximate surface area is 108 Å². The van der Waals surface area contributed by atoms with E-state index < -0.39 is 0 Å². The van der Waals surface area contributed by atoms with Gasteiger partial charge in [-0.2, -0.15) is 0 Å². The summed E-state index contributed by atoms with van der Waals surface area (Å²) >= 11 is 0. The Kier molecular flexibility index (Phi) is 19.9. The molecule has 1 nitrogen and oxygen atoms in total. The summed E-state index contributed by atoms with van der Waals surface area (Å²) in [7, 11) is 0. The van der Waals surface area contributed by atoms with Crippen LogP contribution in [0.4, 0.5) is 0 Å². The van der Waals surface area contributed by atoms with Crippen molar-refractivity contribution in [3.05, 3.63) is 12.2 Å². The molecule has 0 aromatic carbocycles. The lowest BCUT2D eigenvalue weighted by Gasteiger charge is -2.00. The normalized spacial score (nSPS) is 10.6. The predicted molar refractivity (Wildman–Crippen MR) is 77.3 cm³/mol. The van der Waals surface area contributed by atoms with Crippen LogP contribution in [0.5, 0.6) is 0 Å². The molecule has 0 fully saturated rings. The molecule has 0 unspecified atom stereocenters. The van der Waals surface area contributed by atoms with Gasteiger partial charge in [-0.25, -0.2) is 0 Å². The van der Waals surface area contributed by atoms with Gasteiger partial charge in [0.1, 0.15) is 0 Å². The first-order valence-electron chi connectivity index (χ1n) is 6.77. The van der Waals surface area contributed by atoms with Gasteiger partial charge in [0.25, 0.3) is 0 Å². The second-order valence-corrected chi connectivity index (χ2v) is 4.29. The van der Waals surface area contributed by atoms with E-state index in [0.29, 0.717) is 0 Å². The number of unbranched alkanes of at least 4 members (excludes halogenated alkanes) is 8. The van der Waals surface area contributed by atoms with Crippen LogP contribution < -0.4 is 5.73 Å². The third-order valence-electron chi connectivity index (χ3n) is 2.73. The molecule has 0 aromatic rings. The molecule has 16 heavy (non-hydrogen) atoms. The summed E-state index contributed by atoms with van der Waals surface area (Å²) in [5, 5.41) is 0. The smallest absolute Gasteiger partial charge is 0.00773 e. The third kappa shape index (κ3) is 16.4. The molecule has 2 heteroatoms. The summed E-state index contributed by atoms with van der Waals surface area (Å²) in [6.07, 6.45) is 18.0. The highest BCUT2D eigenvalue weighted by Crippen LogP contribution is 2.09. The molecule has 0 aromatic heterocycles. The number of hydrogen-bond donors (Lipinski definition) is 1. The third-order valence-corrected chi connectivity index (χ3v) is 2.73. The Morgan fingerprint density at radius 2 is 1.25 bits per heavy atom. The number of rotatable bonds is 11. The second-order valence-electron chi connectivity index (χ2n) is 4.29. The quantitative estimate of drug-likeness (QED) is 0.410. The van der Waals surface area contributed by atoms with E-state index in [4.69, 9.17) is 5.73 Å². The van der Waals surface area contributed by atoms with Crippen LogP contribution in [0.1, 0.15) is 71.1 Å². The fraction of sp³-hybridized carbons (Fsp3) is 0.857. The molecule has 0 rings (SSSR count). The van der Waals surface area contributed by atoms with Crippen LogP contribution in [0.3, 0.4) is 0 Å². The highest BCUT2D eigenvalue weighted by atomic mass is 35.5. The minimum atomic E-state index is 0. The van der Waals surface area contributed by atoms with Crippen molar-refractivity contribution >= 4 is 12.4 Å². The molecule has 2 N–H and O–H groups in total. The largest absolute Gasteiger partial charge is 0.330 e. The van der Waals surface area contributed by atoms with E-state index in [1.807, 2.05) is 0 Å². The Morgan fingerprint density at radius 3 is 1.75 bits per heavy atom. The first kappa shape index (κ1) is 18.4. The Balaban J connectivity index is 0. The summed E-state index contributed by atoms with van der Waals surface area (Å²) in [4.78, 5) is 0. The van der Waals surface area contributed by atoms with E-state index >= 15 is 0 Å². The monoisotopic (exact) mass is 247 g/mol. The topological polar surface area (TPSA) is 26.0 Å². The van der Waals surface area contributed by atoms with Crippen molar-refractivity contribution in [2.24, 2.45) is 5.73 Å². The zero-order chi connectivity index (χ0) is 11.2. The minimum Gasteiger partial charge on any atom is -0.330 e. The Morgan fingerprint density at radius 1 is 0.750 bits per heavy atom. The molecule has 0 saturated heterocycles. The van der Waals surface area contributed by atoms with Crippen LogP contribution in [-0.2, 0) is 0 Å². The van der Waals surface area contributed by atoms with Gasteiger partial charge in [-0.05, 0) is 32.2 Å². The van der Waals surface area contributed by atoms with Gasteiger partial charge in [0, 0.05) is 0 Å². The van der Waals surface area contributed by atoms with Gasteiger partial charge in [0.05, 0.1) is 0 Å². The summed E-state index contributed by atoms with van der Waals surface area (Å²) in [6, 6.07) is 0. The maximum Gasteiger partial charge on any atom is -0.00773 e. The van der Waals surface area contributed by atoms with Gasteiger partial charge >= 0.3 is 0 Å². The summed E-state index contributed by atoms with van der Waals surface area (Å²) in [6.45, 7) is 3.06. The van der Waals surface area contributed by atoms with Crippen molar-refractivity contribution in [3.63, 3.8) is 0 Å². The van der Waals surface area contributed by atoms with Crippen molar-refractivity contribution in [2.45, 2.75) is 71.1 Å². The van der Waals surface area contributed by atoms with Crippen molar-refractivity contribution in [1.29, 1.82) is 0 Å². The zero-order valence-corrected chi connectivity index (χ0v) is 11.7. The molecule has 0 heterocycles. The number of halogens is 1. The molecular formula is C14H30ClN. The lowest BCUT2D eigenvalue weighted by atomic mass is 10.1. The highest BCUT2D eigenvalue weighted by molar-refractivity contribution is 5.85. The van der Waals surface area contributed by atoms with Gasteiger partial charge in [0.2, 0.25) is 0 Å². The average molecular weight is 248 g/mol. The maximum absolute atomic E-state index is 5.44. The van der Waals surface area contributed by atoms with E-state index in [9.17, 15) is 0 Å². The molecule has 0 atom stereocenters. The molecule has 98 valence electrons. The highest BCUT2D eigenvalue weighted by Gasteiger charge is 1.90. The molecule has 0 aliphatic rings. The Hall–Kier alpha value is -0.0100. The van der Waals surface area contributed by atoms with Crippen LogP contribution in [0.2, 0.25) is 0 Å². The van der Waals surface area contributed by atoms with Crippen LogP contribution in [0.25, 0.3) is 0 Å². The van der Waals surface area contributed by atoms with Gasteiger partial charge < -0.3 is 5.73 Å². The molecule has 0 aliphatic heterocycles. The van der Waals surface area contributed by atoms with Crippen LogP contribution in [0, 0.1) is 0 Å². The average Bonchev–Trinajstić information content (AvgIpc) is 2.26. The van der Waals surface area contributed by atoms with E-state index in [0.717, 1.165) is 6.54 Å². The summed E-state index contributed by atoms with van der Waals surface area (Å²) in [5.74, 6) is 0. The van der Waals surface area contributed by atoms with Crippen LogP contribution in [-0.4, -0.2) is 6.54 Å². The van der Waals surface area contributed by atoms with Crippen molar-refractivity contribution < 1.29 is 0 Å². The van der Waals surface area contributed by atoms with E-state index in [2.05, 4.69) is 19.1 Å². The predicted octanol–water partition coefficient (Wildman–Crippen LogP) is 4.84. The van der Waals surface area contributed by atoms with Crippen molar-refractivity contribution in [1.82, 2.24) is 0 Å². The van der Waals surface area contributed by atoms with Gasteiger partial charge in [0.15, 0.2) is 0 Å². The van der Waals surface area contributed by atoms with Crippen molar-refractivity contribution in [3.8, 4) is 0 Å². The summed E-state index contributed by atoms with van der Waals surface area (Å²) < 4.78 is 0. The molecule has 0 saturated carbocycles. The summed E-state index contributed by atoms with van der Waals surface area (Å²) in [5.41, 5.74) is 5.44. The molecule has 0 bridgehead atoms. The molecule has 0 aliphatic carbocycles. The lowest BCUT2D eigenvalue weighted by Crippen LogP contribution is -1.97.